The molecule has 0 aromatic rings. The van der Waals surface area contributed by atoms with E-state index in [1.165, 1.54) is 13.8 Å². The second-order valence-electron chi connectivity index (χ2n) is 2.63. The Kier molecular flexibility index (Phi) is 3.40. The third-order valence-corrected chi connectivity index (χ3v) is 1.32. The summed E-state index contributed by atoms with van der Waals surface area (Å²) in [5.41, 5.74) is 0. The van der Waals surface area contributed by atoms with Gasteiger partial charge in [0.1, 0.15) is 5.78 Å². The first-order chi connectivity index (χ1) is 5.37. The molecule has 0 heterocycles. The number of carboxylic acid groups (broad SMARTS) is 2. The van der Waals surface area contributed by atoms with E-state index in [0.717, 1.165) is 0 Å². The molecule has 0 rings (SSSR count). The Hall–Kier alpha value is -1.39. The van der Waals surface area contributed by atoms with Gasteiger partial charge in [0.05, 0.1) is 17.9 Å². The van der Waals surface area contributed by atoms with E-state index in [2.05, 4.69) is 0 Å². The topological polar surface area (TPSA) is 97.3 Å². The minimum atomic E-state index is -2.15. The summed E-state index contributed by atoms with van der Waals surface area (Å²) >= 11 is 0. The van der Waals surface area contributed by atoms with Crippen molar-refractivity contribution in [2.45, 2.75) is 13.8 Å². The Morgan fingerprint density at radius 1 is 1.00 bits per heavy atom. The fraction of sp³-hybridized carbons (Fsp3) is 0.571. The third kappa shape index (κ3) is 2.34. The number of carboxylic acids is 2. The van der Waals surface area contributed by atoms with Crippen LogP contribution in [0, 0.1) is 11.8 Å². The maximum atomic E-state index is 10.9. The molecule has 0 bridgehead atoms. The standard InChI is InChI=1S/C7H10O5/c1-3(2)5(8)4(6(9)10)7(11)12/h3-4H,1-2H3,(H,9,10)(H,11,12)/p-2. The van der Waals surface area contributed by atoms with Crippen LogP contribution in [0.3, 0.4) is 0 Å². The van der Waals surface area contributed by atoms with Gasteiger partial charge in [-0.1, -0.05) is 13.8 Å². The van der Waals surface area contributed by atoms with Crippen LogP contribution in [-0.4, -0.2) is 17.7 Å². The lowest BCUT2D eigenvalue weighted by atomic mass is 9.96. The smallest absolute Gasteiger partial charge is 0.149 e. The van der Waals surface area contributed by atoms with Gasteiger partial charge in [0.25, 0.3) is 0 Å². The first-order valence-electron chi connectivity index (χ1n) is 3.33. The van der Waals surface area contributed by atoms with Crippen LogP contribution in [0.15, 0.2) is 0 Å². The number of hydrogen-bond acceptors (Lipinski definition) is 5. The molecule has 68 valence electrons. The maximum absolute atomic E-state index is 10.9. The molecule has 12 heavy (non-hydrogen) atoms. The van der Waals surface area contributed by atoms with Crippen LogP contribution in [-0.2, 0) is 14.4 Å². The molecule has 0 aliphatic rings. The summed E-state index contributed by atoms with van der Waals surface area (Å²) in [5.74, 6) is -7.56. The highest BCUT2D eigenvalue weighted by Crippen LogP contribution is 2.05. The van der Waals surface area contributed by atoms with Crippen LogP contribution in [0.1, 0.15) is 13.8 Å². The van der Waals surface area contributed by atoms with Crippen molar-refractivity contribution in [3.8, 4) is 0 Å². The number of Topliss-reactive ketones (excluding diaryl/α,β-unsaturated/α-hetero) is 1. The Bertz CT molecular complexity index is 204. The summed E-state index contributed by atoms with van der Waals surface area (Å²) in [6.07, 6.45) is 0. The molecule has 0 aromatic carbocycles. The molecule has 0 unspecified atom stereocenters. The van der Waals surface area contributed by atoms with Crippen molar-refractivity contribution < 1.29 is 24.6 Å². The van der Waals surface area contributed by atoms with Gasteiger partial charge in [0.2, 0.25) is 0 Å². The number of hydrogen-bond donors (Lipinski definition) is 0. The van der Waals surface area contributed by atoms with Gasteiger partial charge in [-0.05, 0) is 0 Å². The van der Waals surface area contributed by atoms with Gasteiger partial charge in [0, 0.05) is 5.92 Å². The Morgan fingerprint density at radius 2 is 1.33 bits per heavy atom. The molecular formula is C7H8O5-2. The summed E-state index contributed by atoms with van der Waals surface area (Å²) in [4.78, 5) is 31.2. The van der Waals surface area contributed by atoms with Crippen LogP contribution >= 0.6 is 0 Å². The highest BCUT2D eigenvalue weighted by molar-refractivity contribution is 6.13. The molecule has 5 nitrogen and oxygen atoms in total. The molecule has 0 aliphatic carbocycles. The van der Waals surface area contributed by atoms with E-state index in [1.54, 1.807) is 0 Å². The fourth-order valence-corrected chi connectivity index (χ4v) is 0.662. The average Bonchev–Trinajstić information content (AvgIpc) is 1.85. The summed E-state index contributed by atoms with van der Waals surface area (Å²) in [7, 11) is 0. The molecule has 5 heteroatoms. The Balaban J connectivity index is 4.64. The number of rotatable bonds is 4. The first kappa shape index (κ1) is 10.6. The SMILES string of the molecule is CC(C)C(=O)C(C(=O)[O-])C(=O)[O-]. The minimum absolute atomic E-state index is 0.661. The van der Waals surface area contributed by atoms with Gasteiger partial charge < -0.3 is 19.8 Å². The molecule has 0 saturated heterocycles. The second kappa shape index (κ2) is 3.85. The van der Waals surface area contributed by atoms with Crippen LogP contribution in [0.5, 0.6) is 0 Å². The highest BCUT2D eigenvalue weighted by Gasteiger charge is 2.23. The first-order valence-corrected chi connectivity index (χ1v) is 3.33. The number of carbonyl (C=O) groups excluding carboxylic acids is 3. The molecule has 0 saturated carbocycles. The average molecular weight is 172 g/mol. The predicted octanol–water partition coefficient (Wildman–Crippen LogP) is -2.67. The van der Waals surface area contributed by atoms with Crippen LogP contribution < -0.4 is 10.2 Å². The fourth-order valence-electron chi connectivity index (χ4n) is 0.662. The van der Waals surface area contributed by atoms with E-state index in [0.29, 0.717) is 0 Å². The quantitative estimate of drug-likeness (QED) is 0.430. The lowest BCUT2D eigenvalue weighted by Gasteiger charge is -2.19. The van der Waals surface area contributed by atoms with Crippen molar-refractivity contribution >= 4 is 17.7 Å². The highest BCUT2D eigenvalue weighted by atomic mass is 16.4. The van der Waals surface area contributed by atoms with E-state index in [-0.39, 0.29) is 0 Å². The van der Waals surface area contributed by atoms with Gasteiger partial charge in [-0.25, -0.2) is 0 Å². The van der Waals surface area contributed by atoms with E-state index in [4.69, 9.17) is 0 Å². The molecular weight excluding hydrogens is 164 g/mol. The van der Waals surface area contributed by atoms with Crippen LogP contribution in [0.2, 0.25) is 0 Å². The van der Waals surface area contributed by atoms with Crippen LogP contribution in [0.4, 0.5) is 0 Å². The molecule has 0 fully saturated rings. The molecule has 0 aliphatic heterocycles. The lowest BCUT2D eigenvalue weighted by molar-refractivity contribution is -0.329. The van der Waals surface area contributed by atoms with E-state index in [1.807, 2.05) is 0 Å². The van der Waals surface area contributed by atoms with Crippen LogP contribution in [0.25, 0.3) is 0 Å². The Morgan fingerprint density at radius 3 is 1.42 bits per heavy atom. The molecule has 0 aromatic heterocycles. The largest absolute Gasteiger partial charge is 0.549 e. The predicted molar refractivity (Wildman–Crippen MR) is 33.3 cm³/mol. The van der Waals surface area contributed by atoms with Crippen molar-refractivity contribution in [2.24, 2.45) is 11.8 Å². The van der Waals surface area contributed by atoms with Crippen molar-refractivity contribution in [1.82, 2.24) is 0 Å². The third-order valence-electron chi connectivity index (χ3n) is 1.32. The molecule has 0 N–H and O–H groups in total. The number of ketones is 1. The van der Waals surface area contributed by atoms with Crippen molar-refractivity contribution in [1.29, 1.82) is 0 Å². The summed E-state index contributed by atoms with van der Waals surface area (Å²) in [6.45, 7) is 2.81. The van der Waals surface area contributed by atoms with E-state index in [9.17, 15) is 24.6 Å². The molecule has 0 amide bonds. The van der Waals surface area contributed by atoms with Crippen molar-refractivity contribution in [3.63, 3.8) is 0 Å². The minimum Gasteiger partial charge on any atom is -0.549 e. The van der Waals surface area contributed by atoms with Gasteiger partial charge in [-0.2, -0.15) is 0 Å². The summed E-state index contributed by atoms with van der Waals surface area (Å²) < 4.78 is 0. The summed E-state index contributed by atoms with van der Waals surface area (Å²) in [6, 6.07) is 0. The van der Waals surface area contributed by atoms with Gasteiger partial charge in [-0.3, -0.25) is 4.79 Å². The monoisotopic (exact) mass is 172 g/mol. The maximum Gasteiger partial charge on any atom is 0.149 e. The molecule has 0 radical (unpaired) electrons. The van der Waals surface area contributed by atoms with Crippen molar-refractivity contribution in [2.75, 3.05) is 0 Å². The van der Waals surface area contributed by atoms with E-state index >= 15 is 0 Å². The zero-order chi connectivity index (χ0) is 9.89. The van der Waals surface area contributed by atoms with Gasteiger partial charge in [0.15, 0.2) is 0 Å². The van der Waals surface area contributed by atoms with Gasteiger partial charge in [-0.15, -0.1) is 0 Å². The van der Waals surface area contributed by atoms with E-state index < -0.39 is 29.6 Å². The zero-order valence-corrected chi connectivity index (χ0v) is 6.70. The lowest BCUT2D eigenvalue weighted by Crippen LogP contribution is -2.48. The number of aliphatic carboxylic acids is 2. The number of carbonyl (C=O) groups is 3. The van der Waals surface area contributed by atoms with Crippen molar-refractivity contribution in [3.05, 3.63) is 0 Å². The Labute approximate surface area is 69.0 Å². The molecule has 0 atom stereocenters. The second-order valence-corrected chi connectivity index (χ2v) is 2.63. The van der Waals surface area contributed by atoms with Gasteiger partial charge >= 0.3 is 0 Å². The molecule has 0 spiro atoms. The summed E-state index contributed by atoms with van der Waals surface area (Å²) in [5, 5.41) is 20.3. The zero-order valence-electron chi connectivity index (χ0n) is 6.70. The normalized spacial score (nSPS) is 10.3.